The van der Waals surface area contributed by atoms with E-state index >= 15 is 0 Å². The Morgan fingerprint density at radius 2 is 1.64 bits per heavy atom. The largest absolute Gasteiger partial charge is 0.357 e. The van der Waals surface area contributed by atoms with Crippen LogP contribution in [0.5, 0.6) is 0 Å². The van der Waals surface area contributed by atoms with Gasteiger partial charge < -0.3 is 10.3 Å². The molecule has 0 bridgehead atoms. The maximum absolute atomic E-state index is 3.87. The number of hydrogen-bond acceptors (Lipinski definition) is 1. The topological polar surface area (TPSA) is 27.8 Å². The molecule has 0 aliphatic heterocycles. The van der Waals surface area contributed by atoms with Gasteiger partial charge in [0, 0.05) is 28.7 Å². The van der Waals surface area contributed by atoms with Crippen molar-refractivity contribution in [3.05, 3.63) is 95.7 Å². The zero-order valence-electron chi connectivity index (χ0n) is 16.3. The second kappa shape index (κ2) is 7.29. The first-order valence-corrected chi connectivity index (χ1v) is 10.3. The van der Waals surface area contributed by atoms with E-state index in [9.17, 15) is 0 Å². The van der Waals surface area contributed by atoms with Crippen LogP contribution in [0.4, 0.5) is 0 Å². The van der Waals surface area contributed by atoms with Crippen LogP contribution in [0.1, 0.15) is 48.7 Å². The van der Waals surface area contributed by atoms with Gasteiger partial charge in [0.1, 0.15) is 0 Å². The van der Waals surface area contributed by atoms with E-state index < -0.39 is 0 Å². The number of fused-ring (bicyclic) bond motifs is 3. The summed E-state index contributed by atoms with van der Waals surface area (Å²) in [6.45, 7) is 2.26. The molecule has 2 N–H and O–H groups in total. The molecule has 1 heterocycles. The fourth-order valence-corrected chi connectivity index (χ4v) is 4.58. The first-order valence-electron chi connectivity index (χ1n) is 10.3. The van der Waals surface area contributed by atoms with Crippen LogP contribution >= 0.6 is 0 Å². The number of aromatic amines is 1. The highest BCUT2D eigenvalue weighted by Crippen LogP contribution is 2.37. The predicted octanol–water partition coefficient (Wildman–Crippen LogP) is 6.56. The minimum atomic E-state index is 0.337. The number of aromatic nitrogens is 1. The zero-order valence-corrected chi connectivity index (χ0v) is 16.3. The van der Waals surface area contributed by atoms with Gasteiger partial charge in [0.15, 0.2) is 0 Å². The summed E-state index contributed by atoms with van der Waals surface area (Å²) in [6, 6.07) is 29.0. The average molecular weight is 367 g/mol. The highest BCUT2D eigenvalue weighted by atomic mass is 15.0. The second-order valence-electron chi connectivity index (χ2n) is 7.89. The highest BCUT2D eigenvalue weighted by molar-refractivity contribution is 5.89. The van der Waals surface area contributed by atoms with Crippen LogP contribution in [0.2, 0.25) is 0 Å². The van der Waals surface area contributed by atoms with Crippen LogP contribution in [0, 0.1) is 0 Å². The van der Waals surface area contributed by atoms with Crippen LogP contribution in [0.15, 0.2) is 78.9 Å². The smallest absolute Gasteiger partial charge is 0.0480 e. The minimum absolute atomic E-state index is 0.337. The monoisotopic (exact) mass is 366 g/mol. The zero-order chi connectivity index (χ0) is 18.9. The Kier molecular flexibility index (Phi) is 4.50. The van der Waals surface area contributed by atoms with E-state index in [1.54, 1.807) is 0 Å². The van der Waals surface area contributed by atoms with Gasteiger partial charge in [-0.15, -0.1) is 0 Å². The number of hydrogen-bond donors (Lipinski definition) is 2. The lowest BCUT2D eigenvalue weighted by molar-refractivity contribution is 0.410. The Labute approximate surface area is 166 Å². The summed E-state index contributed by atoms with van der Waals surface area (Å²) in [7, 11) is 0. The maximum Gasteiger partial charge on any atom is 0.0480 e. The lowest BCUT2D eigenvalue weighted by atomic mass is 9.90. The van der Waals surface area contributed by atoms with Crippen LogP contribution in [0.25, 0.3) is 22.0 Å². The molecule has 1 aromatic heterocycles. The Bertz CT molecular complexity index is 1080. The molecule has 0 radical (unpaired) electrons. The molecule has 0 fully saturated rings. The van der Waals surface area contributed by atoms with Gasteiger partial charge in [0.05, 0.1) is 0 Å². The molecule has 140 valence electrons. The summed E-state index contributed by atoms with van der Waals surface area (Å²) >= 11 is 0. The van der Waals surface area contributed by atoms with Gasteiger partial charge in [-0.2, -0.15) is 0 Å². The lowest BCUT2D eigenvalue weighted by Crippen LogP contribution is -2.27. The summed E-state index contributed by atoms with van der Waals surface area (Å²) < 4.78 is 0. The van der Waals surface area contributed by atoms with Crippen LogP contribution in [-0.2, 0) is 6.42 Å². The molecule has 0 spiro atoms. The summed E-state index contributed by atoms with van der Waals surface area (Å²) in [5.41, 5.74) is 8.05. The Morgan fingerprint density at radius 3 is 2.43 bits per heavy atom. The molecule has 0 amide bonds. The number of aryl methyl sites for hydroxylation is 1. The van der Waals surface area contributed by atoms with Gasteiger partial charge in [-0.3, -0.25) is 0 Å². The molecule has 5 rings (SSSR count). The van der Waals surface area contributed by atoms with Crippen molar-refractivity contribution in [1.29, 1.82) is 0 Å². The second-order valence-corrected chi connectivity index (χ2v) is 7.89. The van der Waals surface area contributed by atoms with Crippen molar-refractivity contribution in [2.45, 2.75) is 38.3 Å². The molecular weight excluding hydrogens is 340 g/mol. The molecule has 2 nitrogen and oxygen atoms in total. The van der Waals surface area contributed by atoms with Crippen molar-refractivity contribution in [1.82, 2.24) is 10.3 Å². The summed E-state index contributed by atoms with van der Waals surface area (Å²) in [5.74, 6) is 0. The molecule has 0 unspecified atom stereocenters. The predicted molar refractivity (Wildman–Crippen MR) is 117 cm³/mol. The molecule has 0 saturated carbocycles. The van der Waals surface area contributed by atoms with E-state index in [0.717, 1.165) is 6.42 Å². The van der Waals surface area contributed by atoms with E-state index in [2.05, 4.69) is 96.1 Å². The van der Waals surface area contributed by atoms with Crippen molar-refractivity contribution in [3.63, 3.8) is 0 Å². The molecule has 4 aromatic rings. The summed E-state index contributed by atoms with van der Waals surface area (Å²) in [4.78, 5) is 3.74. The molecule has 1 aliphatic carbocycles. The van der Waals surface area contributed by atoms with E-state index in [4.69, 9.17) is 0 Å². The number of nitrogens with one attached hydrogen (secondary N) is 2. The van der Waals surface area contributed by atoms with Crippen molar-refractivity contribution in [2.75, 3.05) is 0 Å². The third-order valence-electron chi connectivity index (χ3n) is 6.07. The van der Waals surface area contributed by atoms with Crippen molar-refractivity contribution < 1.29 is 0 Å². The third kappa shape index (κ3) is 3.14. The summed E-state index contributed by atoms with van der Waals surface area (Å²) in [5, 5.41) is 5.25. The van der Waals surface area contributed by atoms with Gasteiger partial charge in [-0.05, 0) is 60.6 Å². The molecule has 2 heteroatoms. The maximum atomic E-state index is 3.87. The van der Waals surface area contributed by atoms with E-state index in [0.29, 0.717) is 12.1 Å². The van der Waals surface area contributed by atoms with Gasteiger partial charge in [-0.1, -0.05) is 66.7 Å². The first-order chi connectivity index (χ1) is 13.8. The molecule has 28 heavy (non-hydrogen) atoms. The fraction of sp³-hybridized carbons (Fsp3) is 0.231. The van der Waals surface area contributed by atoms with Gasteiger partial charge >= 0.3 is 0 Å². The first kappa shape index (κ1) is 17.3. The SMILES string of the molecule is C[C@H](N[C@@H]1CCCc2c1[nH]c1ccc(-c3ccccc3)cc21)c1ccccc1. The Morgan fingerprint density at radius 1 is 0.893 bits per heavy atom. The Hall–Kier alpha value is -2.84. The number of rotatable bonds is 4. The van der Waals surface area contributed by atoms with E-state index in [1.807, 2.05) is 0 Å². The number of H-pyrrole nitrogens is 1. The molecule has 0 saturated heterocycles. The van der Waals surface area contributed by atoms with Gasteiger partial charge in [0.2, 0.25) is 0 Å². The standard InChI is InChI=1S/C26H26N2/c1-18(19-9-4-2-5-10-19)27-25-14-8-13-22-23-17-21(20-11-6-3-7-12-20)15-16-24(23)28-26(22)25/h2-7,9-12,15-18,25,27-28H,8,13-14H2,1H3/t18-,25+/m0/s1. The molecule has 1 aliphatic rings. The average Bonchev–Trinajstić information content (AvgIpc) is 3.14. The van der Waals surface area contributed by atoms with Crippen molar-refractivity contribution in [3.8, 4) is 11.1 Å². The third-order valence-corrected chi connectivity index (χ3v) is 6.07. The minimum Gasteiger partial charge on any atom is -0.357 e. The van der Waals surface area contributed by atoms with Gasteiger partial charge in [0.25, 0.3) is 0 Å². The molecule has 2 atom stereocenters. The molecular formula is C26H26N2. The summed E-state index contributed by atoms with van der Waals surface area (Å²) in [6.07, 6.45) is 3.57. The van der Waals surface area contributed by atoms with E-state index in [1.165, 1.54) is 51.7 Å². The fourth-order valence-electron chi connectivity index (χ4n) is 4.58. The van der Waals surface area contributed by atoms with Crippen LogP contribution in [-0.4, -0.2) is 4.98 Å². The Balaban J connectivity index is 1.49. The quantitative estimate of drug-likeness (QED) is 0.420. The lowest BCUT2D eigenvalue weighted by Gasteiger charge is -2.27. The normalized spacial score (nSPS) is 17.4. The molecule has 3 aromatic carbocycles. The van der Waals surface area contributed by atoms with Crippen molar-refractivity contribution >= 4 is 10.9 Å². The van der Waals surface area contributed by atoms with Gasteiger partial charge in [-0.25, -0.2) is 0 Å². The van der Waals surface area contributed by atoms with Crippen LogP contribution < -0.4 is 5.32 Å². The van der Waals surface area contributed by atoms with Crippen molar-refractivity contribution in [2.24, 2.45) is 0 Å². The van der Waals surface area contributed by atoms with E-state index in [-0.39, 0.29) is 0 Å². The number of benzene rings is 3. The van der Waals surface area contributed by atoms with Crippen LogP contribution in [0.3, 0.4) is 0 Å². The highest BCUT2D eigenvalue weighted by Gasteiger charge is 2.25.